The van der Waals surface area contributed by atoms with Crippen LogP contribution < -0.4 is 5.32 Å². The molecule has 60 valence electrons. The van der Waals surface area contributed by atoms with E-state index in [4.69, 9.17) is 0 Å². The van der Waals surface area contributed by atoms with E-state index in [9.17, 15) is 0 Å². The van der Waals surface area contributed by atoms with Gasteiger partial charge in [0, 0.05) is 18.9 Å². The summed E-state index contributed by atoms with van der Waals surface area (Å²) >= 11 is 0. The Hall–Kier alpha value is -1.02. The first-order valence-electron chi connectivity index (χ1n) is 3.87. The molecule has 0 aliphatic rings. The van der Waals surface area contributed by atoms with Crippen molar-refractivity contribution < 1.29 is 0 Å². The van der Waals surface area contributed by atoms with Gasteiger partial charge in [-0.1, -0.05) is 6.08 Å². The lowest BCUT2D eigenvalue weighted by Crippen LogP contribution is -2.13. The van der Waals surface area contributed by atoms with E-state index in [0.29, 0.717) is 0 Å². The molecule has 1 heterocycles. The summed E-state index contributed by atoms with van der Waals surface area (Å²) in [5, 5.41) is 3.30. The van der Waals surface area contributed by atoms with Gasteiger partial charge in [0.25, 0.3) is 0 Å². The zero-order valence-corrected chi connectivity index (χ0v) is 6.64. The SMILES string of the molecule is C=CCCNCc1cc[nH]c1. The van der Waals surface area contributed by atoms with Crippen LogP contribution in [-0.2, 0) is 6.54 Å². The zero-order valence-electron chi connectivity index (χ0n) is 6.64. The predicted octanol–water partition coefficient (Wildman–Crippen LogP) is 1.68. The van der Waals surface area contributed by atoms with Crippen LogP contribution in [0.25, 0.3) is 0 Å². The summed E-state index contributed by atoms with van der Waals surface area (Å²) in [5.41, 5.74) is 1.30. The maximum Gasteiger partial charge on any atom is 0.0220 e. The number of rotatable bonds is 5. The fraction of sp³-hybridized carbons (Fsp3) is 0.333. The van der Waals surface area contributed by atoms with Crippen LogP contribution in [0.2, 0.25) is 0 Å². The molecule has 1 rings (SSSR count). The highest BCUT2D eigenvalue weighted by Crippen LogP contribution is 1.94. The van der Waals surface area contributed by atoms with Gasteiger partial charge in [0.05, 0.1) is 0 Å². The zero-order chi connectivity index (χ0) is 7.94. The molecular weight excluding hydrogens is 136 g/mol. The molecular formula is C9H14N2. The second kappa shape index (κ2) is 4.74. The average Bonchev–Trinajstić information content (AvgIpc) is 2.50. The molecule has 0 aliphatic carbocycles. The Bertz CT molecular complexity index is 189. The third-order valence-corrected chi connectivity index (χ3v) is 1.52. The molecule has 1 aromatic heterocycles. The van der Waals surface area contributed by atoms with E-state index in [1.165, 1.54) is 5.56 Å². The van der Waals surface area contributed by atoms with Crippen molar-refractivity contribution in [1.82, 2.24) is 10.3 Å². The monoisotopic (exact) mass is 150 g/mol. The van der Waals surface area contributed by atoms with Gasteiger partial charge in [-0.2, -0.15) is 0 Å². The lowest BCUT2D eigenvalue weighted by Gasteiger charge is -1.98. The average molecular weight is 150 g/mol. The quantitative estimate of drug-likeness (QED) is 0.485. The number of H-pyrrole nitrogens is 1. The largest absolute Gasteiger partial charge is 0.367 e. The molecule has 0 saturated heterocycles. The van der Waals surface area contributed by atoms with Crippen LogP contribution in [0.15, 0.2) is 31.1 Å². The topological polar surface area (TPSA) is 27.8 Å². The van der Waals surface area contributed by atoms with Crippen LogP contribution in [0.5, 0.6) is 0 Å². The summed E-state index contributed by atoms with van der Waals surface area (Å²) in [4.78, 5) is 3.01. The van der Waals surface area contributed by atoms with Gasteiger partial charge in [0.1, 0.15) is 0 Å². The fourth-order valence-corrected chi connectivity index (χ4v) is 0.905. The van der Waals surface area contributed by atoms with E-state index >= 15 is 0 Å². The van der Waals surface area contributed by atoms with Crippen molar-refractivity contribution >= 4 is 0 Å². The molecule has 0 saturated carbocycles. The van der Waals surface area contributed by atoms with E-state index in [2.05, 4.69) is 22.9 Å². The number of hydrogen-bond acceptors (Lipinski definition) is 1. The molecule has 2 nitrogen and oxygen atoms in total. The summed E-state index contributed by atoms with van der Waals surface area (Å²) < 4.78 is 0. The van der Waals surface area contributed by atoms with E-state index in [0.717, 1.165) is 19.5 Å². The second-order valence-corrected chi connectivity index (χ2v) is 2.47. The molecule has 0 fully saturated rings. The summed E-state index contributed by atoms with van der Waals surface area (Å²) in [6.45, 7) is 5.60. The molecule has 0 amide bonds. The first-order chi connectivity index (χ1) is 5.43. The van der Waals surface area contributed by atoms with Gasteiger partial charge in [0.15, 0.2) is 0 Å². The van der Waals surface area contributed by atoms with Gasteiger partial charge in [-0.3, -0.25) is 0 Å². The minimum absolute atomic E-state index is 0.942. The summed E-state index contributed by atoms with van der Waals surface area (Å²) in [6.07, 6.45) is 6.89. The Morgan fingerprint density at radius 1 is 1.64 bits per heavy atom. The lowest BCUT2D eigenvalue weighted by molar-refractivity contribution is 0.696. The van der Waals surface area contributed by atoms with Crippen LogP contribution >= 0.6 is 0 Å². The first-order valence-corrected chi connectivity index (χ1v) is 3.87. The van der Waals surface area contributed by atoms with Gasteiger partial charge < -0.3 is 10.3 Å². The standard InChI is InChI=1S/C9H14N2/c1-2-3-5-10-7-9-4-6-11-8-9/h2,4,6,8,10-11H,1,3,5,7H2. The van der Waals surface area contributed by atoms with Gasteiger partial charge in [-0.15, -0.1) is 6.58 Å². The van der Waals surface area contributed by atoms with Crippen LogP contribution in [0.3, 0.4) is 0 Å². The number of nitrogens with one attached hydrogen (secondary N) is 2. The Balaban J connectivity index is 2.09. The van der Waals surface area contributed by atoms with Crippen LogP contribution in [0.4, 0.5) is 0 Å². The summed E-state index contributed by atoms with van der Waals surface area (Å²) in [5.74, 6) is 0. The molecule has 2 N–H and O–H groups in total. The van der Waals surface area contributed by atoms with Gasteiger partial charge >= 0.3 is 0 Å². The highest BCUT2D eigenvalue weighted by Gasteiger charge is 1.89. The van der Waals surface area contributed by atoms with Gasteiger partial charge in [-0.25, -0.2) is 0 Å². The molecule has 1 aromatic rings. The molecule has 2 heteroatoms. The highest BCUT2D eigenvalue weighted by molar-refractivity contribution is 5.07. The van der Waals surface area contributed by atoms with Crippen molar-refractivity contribution in [2.24, 2.45) is 0 Å². The molecule has 0 aromatic carbocycles. The second-order valence-electron chi connectivity index (χ2n) is 2.47. The molecule has 0 spiro atoms. The van der Waals surface area contributed by atoms with Crippen molar-refractivity contribution in [3.63, 3.8) is 0 Å². The molecule has 0 aliphatic heterocycles. The molecule has 0 unspecified atom stereocenters. The van der Waals surface area contributed by atoms with E-state index in [-0.39, 0.29) is 0 Å². The van der Waals surface area contributed by atoms with Crippen LogP contribution in [0, 0.1) is 0 Å². The Kier molecular flexibility index (Phi) is 3.48. The van der Waals surface area contributed by atoms with Gasteiger partial charge in [-0.05, 0) is 24.6 Å². The third kappa shape index (κ3) is 3.05. The van der Waals surface area contributed by atoms with E-state index in [1.54, 1.807) is 0 Å². The smallest absolute Gasteiger partial charge is 0.0220 e. The molecule has 11 heavy (non-hydrogen) atoms. The predicted molar refractivity (Wildman–Crippen MR) is 47.3 cm³/mol. The minimum atomic E-state index is 0.942. The lowest BCUT2D eigenvalue weighted by atomic mass is 10.3. The number of aromatic nitrogens is 1. The number of aromatic amines is 1. The Labute approximate surface area is 67.3 Å². The third-order valence-electron chi connectivity index (χ3n) is 1.52. The maximum atomic E-state index is 3.65. The van der Waals surface area contributed by atoms with E-state index < -0.39 is 0 Å². The fourth-order valence-electron chi connectivity index (χ4n) is 0.905. The van der Waals surface area contributed by atoms with Crippen LogP contribution in [-0.4, -0.2) is 11.5 Å². The summed E-state index contributed by atoms with van der Waals surface area (Å²) in [6, 6.07) is 2.07. The summed E-state index contributed by atoms with van der Waals surface area (Å²) in [7, 11) is 0. The van der Waals surface area contributed by atoms with Crippen molar-refractivity contribution in [2.45, 2.75) is 13.0 Å². The van der Waals surface area contributed by atoms with Crippen molar-refractivity contribution in [2.75, 3.05) is 6.54 Å². The van der Waals surface area contributed by atoms with Crippen molar-refractivity contribution in [1.29, 1.82) is 0 Å². The molecule has 0 atom stereocenters. The Morgan fingerprint density at radius 2 is 2.55 bits per heavy atom. The maximum absolute atomic E-state index is 3.65. The minimum Gasteiger partial charge on any atom is -0.367 e. The first kappa shape index (κ1) is 8.08. The van der Waals surface area contributed by atoms with E-state index in [1.807, 2.05) is 18.5 Å². The molecule has 0 radical (unpaired) electrons. The normalized spacial score (nSPS) is 9.82. The highest BCUT2D eigenvalue weighted by atomic mass is 14.8. The molecule has 0 bridgehead atoms. The Morgan fingerprint density at radius 3 is 3.18 bits per heavy atom. The van der Waals surface area contributed by atoms with Crippen molar-refractivity contribution in [3.8, 4) is 0 Å². The van der Waals surface area contributed by atoms with Crippen molar-refractivity contribution in [3.05, 3.63) is 36.7 Å². The number of hydrogen-bond donors (Lipinski definition) is 2. The van der Waals surface area contributed by atoms with Gasteiger partial charge in [0.2, 0.25) is 0 Å². The van der Waals surface area contributed by atoms with Crippen LogP contribution in [0.1, 0.15) is 12.0 Å².